The summed E-state index contributed by atoms with van der Waals surface area (Å²) in [6, 6.07) is 34.3. The highest BCUT2D eigenvalue weighted by Gasteiger charge is 2.16. The molecule has 0 aliphatic rings. The fourth-order valence-corrected chi connectivity index (χ4v) is 3.20. The lowest BCUT2D eigenvalue weighted by atomic mass is 9.90. The fraction of sp³-hybridized carbons (Fsp3) is 0. The molecule has 1 nitrogen and oxygen atoms in total. The molecule has 0 aliphatic carbocycles. The zero-order valence-corrected chi connectivity index (χ0v) is 13.8. The van der Waals surface area contributed by atoms with Crippen molar-refractivity contribution >= 4 is 0 Å². The van der Waals surface area contributed by atoms with Crippen molar-refractivity contribution in [1.29, 1.82) is 0 Å². The van der Waals surface area contributed by atoms with E-state index in [4.69, 9.17) is 0 Å². The highest BCUT2D eigenvalue weighted by atomic mass is 16.3. The van der Waals surface area contributed by atoms with Gasteiger partial charge in [0.15, 0.2) is 0 Å². The topological polar surface area (TPSA) is 20.2 Å². The second-order valence-electron chi connectivity index (χ2n) is 5.98. The van der Waals surface area contributed by atoms with E-state index in [0.717, 1.165) is 33.4 Å². The first-order valence-corrected chi connectivity index (χ1v) is 8.37. The third kappa shape index (κ3) is 2.92. The molecular formula is C24H18O. The van der Waals surface area contributed by atoms with E-state index in [0.29, 0.717) is 5.75 Å². The number of rotatable bonds is 3. The minimum absolute atomic E-state index is 0.318. The Balaban J connectivity index is 2.00. The van der Waals surface area contributed by atoms with Crippen LogP contribution in [0.3, 0.4) is 0 Å². The molecule has 0 unspecified atom stereocenters. The number of phenolic OH excluding ortho intramolecular Hbond substituents is 1. The van der Waals surface area contributed by atoms with Gasteiger partial charge in [0, 0.05) is 11.1 Å². The van der Waals surface area contributed by atoms with Gasteiger partial charge in [-0.1, -0.05) is 97.1 Å². The van der Waals surface area contributed by atoms with E-state index in [9.17, 15) is 5.11 Å². The van der Waals surface area contributed by atoms with Crippen LogP contribution in [0.2, 0.25) is 0 Å². The van der Waals surface area contributed by atoms with Gasteiger partial charge in [-0.2, -0.15) is 0 Å². The summed E-state index contributed by atoms with van der Waals surface area (Å²) in [5.41, 5.74) is 5.86. The summed E-state index contributed by atoms with van der Waals surface area (Å²) in [6.45, 7) is 0. The Morgan fingerprint density at radius 1 is 0.400 bits per heavy atom. The van der Waals surface area contributed by atoms with Gasteiger partial charge in [0.25, 0.3) is 0 Å². The summed E-state index contributed by atoms with van der Waals surface area (Å²) in [5.74, 6) is 0.318. The van der Waals surface area contributed by atoms with Gasteiger partial charge in [-0.05, 0) is 28.3 Å². The van der Waals surface area contributed by atoms with Crippen LogP contribution < -0.4 is 0 Å². The van der Waals surface area contributed by atoms with Crippen molar-refractivity contribution in [3.63, 3.8) is 0 Å². The van der Waals surface area contributed by atoms with E-state index >= 15 is 0 Å². The number of phenols is 1. The van der Waals surface area contributed by atoms with Crippen LogP contribution in [0.1, 0.15) is 0 Å². The van der Waals surface area contributed by atoms with E-state index in [1.54, 1.807) is 0 Å². The molecule has 0 aromatic heterocycles. The molecule has 4 rings (SSSR count). The fourth-order valence-electron chi connectivity index (χ4n) is 3.20. The highest BCUT2D eigenvalue weighted by molar-refractivity contribution is 5.92. The van der Waals surface area contributed by atoms with Gasteiger partial charge < -0.3 is 5.11 Å². The van der Waals surface area contributed by atoms with Gasteiger partial charge in [0.1, 0.15) is 5.75 Å². The molecule has 0 amide bonds. The third-order valence-electron chi connectivity index (χ3n) is 4.41. The lowest BCUT2D eigenvalue weighted by molar-refractivity contribution is 0.479. The first kappa shape index (κ1) is 15.2. The average molecular weight is 322 g/mol. The van der Waals surface area contributed by atoms with E-state index in [2.05, 4.69) is 18.2 Å². The molecule has 25 heavy (non-hydrogen) atoms. The van der Waals surface area contributed by atoms with Crippen LogP contribution in [0.25, 0.3) is 33.4 Å². The molecule has 1 N–H and O–H groups in total. The Morgan fingerprint density at radius 2 is 0.800 bits per heavy atom. The Morgan fingerprint density at radius 3 is 1.32 bits per heavy atom. The summed E-state index contributed by atoms with van der Waals surface area (Å²) in [6.07, 6.45) is 0. The van der Waals surface area contributed by atoms with Crippen LogP contribution in [0, 0.1) is 0 Å². The molecule has 0 spiro atoms. The van der Waals surface area contributed by atoms with Gasteiger partial charge in [0.05, 0.1) is 0 Å². The SMILES string of the molecule is Oc1c(-c2ccccc2)ccc(-c2ccccc2)c1-c1ccccc1. The molecule has 120 valence electrons. The van der Waals surface area contributed by atoms with Crippen molar-refractivity contribution < 1.29 is 5.11 Å². The number of benzene rings is 4. The van der Waals surface area contributed by atoms with Crippen LogP contribution in [0.4, 0.5) is 0 Å². The van der Waals surface area contributed by atoms with Crippen LogP contribution in [0.5, 0.6) is 5.75 Å². The molecule has 1 heteroatoms. The van der Waals surface area contributed by atoms with E-state index in [1.807, 2.05) is 84.9 Å². The Labute approximate surface area is 147 Å². The van der Waals surface area contributed by atoms with Crippen molar-refractivity contribution in [2.45, 2.75) is 0 Å². The highest BCUT2D eigenvalue weighted by Crippen LogP contribution is 2.44. The molecule has 4 aromatic rings. The normalized spacial score (nSPS) is 10.6. The predicted molar refractivity (Wildman–Crippen MR) is 104 cm³/mol. The summed E-state index contributed by atoms with van der Waals surface area (Å²) >= 11 is 0. The van der Waals surface area contributed by atoms with E-state index in [-0.39, 0.29) is 0 Å². The predicted octanol–water partition coefficient (Wildman–Crippen LogP) is 6.39. The average Bonchev–Trinajstić information content (AvgIpc) is 2.70. The summed E-state index contributed by atoms with van der Waals surface area (Å²) in [5, 5.41) is 11.1. The van der Waals surface area contributed by atoms with Gasteiger partial charge in [0.2, 0.25) is 0 Å². The van der Waals surface area contributed by atoms with Gasteiger partial charge in [-0.3, -0.25) is 0 Å². The van der Waals surface area contributed by atoms with Crippen molar-refractivity contribution in [3.8, 4) is 39.1 Å². The maximum Gasteiger partial charge on any atom is 0.131 e. The largest absolute Gasteiger partial charge is 0.507 e. The summed E-state index contributed by atoms with van der Waals surface area (Å²) in [4.78, 5) is 0. The van der Waals surface area contributed by atoms with E-state index < -0.39 is 0 Å². The van der Waals surface area contributed by atoms with Gasteiger partial charge >= 0.3 is 0 Å². The Bertz CT molecular complexity index is 974. The van der Waals surface area contributed by atoms with Crippen LogP contribution in [-0.2, 0) is 0 Å². The Hall–Kier alpha value is -3.32. The maximum absolute atomic E-state index is 11.1. The molecule has 4 aromatic carbocycles. The number of aromatic hydroxyl groups is 1. The van der Waals surface area contributed by atoms with Gasteiger partial charge in [-0.15, -0.1) is 0 Å². The summed E-state index contributed by atoms with van der Waals surface area (Å²) in [7, 11) is 0. The Kier molecular flexibility index (Phi) is 4.05. The molecule has 0 aliphatic heterocycles. The first-order valence-electron chi connectivity index (χ1n) is 8.37. The standard InChI is InChI=1S/C24H18O/c25-24-22(19-12-6-2-7-13-19)17-16-21(18-10-4-1-5-11-18)23(24)20-14-8-3-9-15-20/h1-17,25H. The minimum Gasteiger partial charge on any atom is -0.507 e. The van der Waals surface area contributed by atoms with Crippen LogP contribution in [0.15, 0.2) is 103 Å². The number of hydrogen-bond acceptors (Lipinski definition) is 1. The minimum atomic E-state index is 0.318. The van der Waals surface area contributed by atoms with Crippen molar-refractivity contribution in [2.75, 3.05) is 0 Å². The molecular weight excluding hydrogens is 304 g/mol. The smallest absolute Gasteiger partial charge is 0.131 e. The third-order valence-corrected chi connectivity index (χ3v) is 4.41. The summed E-state index contributed by atoms with van der Waals surface area (Å²) < 4.78 is 0. The molecule has 0 radical (unpaired) electrons. The second kappa shape index (κ2) is 6.66. The molecule has 0 saturated heterocycles. The molecule has 0 heterocycles. The monoisotopic (exact) mass is 322 g/mol. The lowest BCUT2D eigenvalue weighted by Crippen LogP contribution is -1.89. The zero-order chi connectivity index (χ0) is 17.1. The van der Waals surface area contributed by atoms with Crippen LogP contribution >= 0.6 is 0 Å². The molecule has 0 atom stereocenters. The van der Waals surface area contributed by atoms with Crippen molar-refractivity contribution in [1.82, 2.24) is 0 Å². The van der Waals surface area contributed by atoms with Gasteiger partial charge in [-0.25, -0.2) is 0 Å². The van der Waals surface area contributed by atoms with Crippen LogP contribution in [-0.4, -0.2) is 5.11 Å². The first-order chi connectivity index (χ1) is 12.3. The molecule has 0 fully saturated rings. The molecule has 0 saturated carbocycles. The molecule has 0 bridgehead atoms. The second-order valence-corrected chi connectivity index (χ2v) is 5.98. The quantitative estimate of drug-likeness (QED) is 0.463. The number of hydrogen-bond donors (Lipinski definition) is 1. The van der Waals surface area contributed by atoms with E-state index in [1.165, 1.54) is 0 Å². The maximum atomic E-state index is 11.1. The zero-order valence-electron chi connectivity index (χ0n) is 13.8. The lowest BCUT2D eigenvalue weighted by Gasteiger charge is -2.16. The van der Waals surface area contributed by atoms with Crippen molar-refractivity contribution in [2.24, 2.45) is 0 Å². The van der Waals surface area contributed by atoms with Crippen molar-refractivity contribution in [3.05, 3.63) is 103 Å².